The fourth-order valence-electron chi connectivity index (χ4n) is 5.41. The third-order valence-corrected chi connectivity index (χ3v) is 7.13. The first-order valence-electron chi connectivity index (χ1n) is 11.5. The van der Waals surface area contributed by atoms with Crippen molar-refractivity contribution in [1.82, 2.24) is 19.8 Å². The number of para-hydroxylation sites is 1. The van der Waals surface area contributed by atoms with E-state index in [1.807, 2.05) is 34.1 Å². The monoisotopic (exact) mass is 444 g/mol. The fourth-order valence-corrected chi connectivity index (χ4v) is 5.41. The molecule has 2 aliphatic heterocycles. The fraction of sp³-hybridized carbons (Fsp3) is 0.308. The lowest BCUT2D eigenvalue weighted by molar-refractivity contribution is -0.137. The molecule has 0 bridgehead atoms. The number of hydrogen-bond donors (Lipinski definition) is 2. The summed E-state index contributed by atoms with van der Waals surface area (Å²) < 4.78 is 13.8. The highest BCUT2D eigenvalue weighted by molar-refractivity contribution is 6.06. The predicted octanol–water partition coefficient (Wildman–Crippen LogP) is 4.23. The van der Waals surface area contributed by atoms with Crippen LogP contribution in [-0.2, 0) is 17.8 Å². The molecule has 0 spiro atoms. The molecule has 6 rings (SSSR count). The summed E-state index contributed by atoms with van der Waals surface area (Å²) in [6.07, 6.45) is 4.08. The first-order chi connectivity index (χ1) is 16.1. The van der Waals surface area contributed by atoms with E-state index in [4.69, 9.17) is 0 Å². The second kappa shape index (κ2) is 7.76. The van der Waals surface area contributed by atoms with Gasteiger partial charge in [-0.25, -0.2) is 4.39 Å². The Morgan fingerprint density at radius 3 is 2.79 bits per heavy atom. The number of likely N-dealkylation sites (tertiary alicyclic amines) is 1. The molecule has 0 radical (unpaired) electrons. The molecule has 6 nitrogen and oxygen atoms in total. The van der Waals surface area contributed by atoms with Gasteiger partial charge in [0.05, 0.1) is 11.5 Å². The number of carbonyl (C=O) groups excluding carboxylic acids is 2. The van der Waals surface area contributed by atoms with Crippen LogP contribution in [0.1, 0.15) is 34.5 Å². The molecule has 1 unspecified atom stereocenters. The van der Waals surface area contributed by atoms with E-state index in [2.05, 4.69) is 9.97 Å². The number of amides is 2. The number of halogens is 1. The second-order valence-corrected chi connectivity index (χ2v) is 9.12. The Hall–Kier alpha value is -3.61. The van der Waals surface area contributed by atoms with Gasteiger partial charge >= 0.3 is 0 Å². The van der Waals surface area contributed by atoms with E-state index >= 15 is 0 Å². The Balaban J connectivity index is 1.20. The molecule has 2 aromatic heterocycles. The van der Waals surface area contributed by atoms with Gasteiger partial charge in [-0.3, -0.25) is 9.59 Å². The molecule has 1 fully saturated rings. The smallest absolute Gasteiger partial charge is 0.256 e. The molecule has 2 amide bonds. The zero-order chi connectivity index (χ0) is 22.5. The van der Waals surface area contributed by atoms with Crippen molar-refractivity contribution in [3.63, 3.8) is 0 Å². The van der Waals surface area contributed by atoms with Gasteiger partial charge in [-0.15, -0.1) is 0 Å². The lowest BCUT2D eigenvalue weighted by Crippen LogP contribution is -2.47. The van der Waals surface area contributed by atoms with Crippen LogP contribution >= 0.6 is 0 Å². The molecule has 2 aliphatic rings. The van der Waals surface area contributed by atoms with Crippen LogP contribution in [0.15, 0.2) is 48.7 Å². The van der Waals surface area contributed by atoms with Crippen LogP contribution in [0.5, 0.6) is 0 Å². The minimum absolute atomic E-state index is 0.0296. The molecule has 1 atom stereocenters. The maximum absolute atomic E-state index is 13.8. The molecule has 4 heterocycles. The number of rotatable bonds is 2. The lowest BCUT2D eigenvalue weighted by atomic mass is 9.94. The summed E-state index contributed by atoms with van der Waals surface area (Å²) >= 11 is 0. The Morgan fingerprint density at radius 2 is 1.88 bits per heavy atom. The molecule has 4 aromatic rings. The van der Waals surface area contributed by atoms with Crippen LogP contribution in [0.4, 0.5) is 4.39 Å². The highest BCUT2D eigenvalue weighted by Crippen LogP contribution is 2.30. The quantitative estimate of drug-likeness (QED) is 0.486. The van der Waals surface area contributed by atoms with Gasteiger partial charge in [0.25, 0.3) is 5.91 Å². The summed E-state index contributed by atoms with van der Waals surface area (Å²) in [5.41, 5.74) is 4.59. The molecule has 0 saturated carbocycles. The van der Waals surface area contributed by atoms with E-state index in [1.54, 1.807) is 18.3 Å². The van der Waals surface area contributed by atoms with E-state index in [0.29, 0.717) is 31.7 Å². The molecule has 33 heavy (non-hydrogen) atoms. The molecule has 2 aromatic carbocycles. The van der Waals surface area contributed by atoms with E-state index in [1.165, 1.54) is 6.07 Å². The van der Waals surface area contributed by atoms with Gasteiger partial charge in [-0.1, -0.05) is 18.2 Å². The van der Waals surface area contributed by atoms with Gasteiger partial charge in [0.1, 0.15) is 5.82 Å². The normalized spacial score (nSPS) is 18.6. The topological polar surface area (TPSA) is 72.2 Å². The van der Waals surface area contributed by atoms with Crippen molar-refractivity contribution in [2.75, 3.05) is 19.6 Å². The highest BCUT2D eigenvalue weighted by atomic mass is 19.1. The summed E-state index contributed by atoms with van der Waals surface area (Å²) in [5.74, 6) is -0.427. The summed E-state index contributed by atoms with van der Waals surface area (Å²) in [4.78, 5) is 37.0. The minimum atomic E-state index is -0.272. The van der Waals surface area contributed by atoms with Gasteiger partial charge in [-0.2, -0.15) is 0 Å². The van der Waals surface area contributed by atoms with Gasteiger partial charge in [0, 0.05) is 71.9 Å². The number of carbonyl (C=O) groups is 2. The number of fused-ring (bicyclic) bond motifs is 4. The van der Waals surface area contributed by atoms with Gasteiger partial charge in [0.2, 0.25) is 5.91 Å². The molecule has 2 N–H and O–H groups in total. The van der Waals surface area contributed by atoms with Crippen molar-refractivity contribution in [3.05, 3.63) is 71.3 Å². The first-order valence-corrected chi connectivity index (χ1v) is 11.5. The molecular weight excluding hydrogens is 419 g/mol. The third-order valence-electron chi connectivity index (χ3n) is 7.13. The van der Waals surface area contributed by atoms with Crippen LogP contribution in [0.3, 0.4) is 0 Å². The second-order valence-electron chi connectivity index (χ2n) is 9.12. The largest absolute Gasteiger partial charge is 0.360 e. The third kappa shape index (κ3) is 3.39. The van der Waals surface area contributed by atoms with Gasteiger partial charge in [0.15, 0.2) is 0 Å². The number of nitrogens with one attached hydrogen (secondary N) is 2. The number of aromatic nitrogens is 2. The van der Waals surface area contributed by atoms with Crippen molar-refractivity contribution in [3.8, 4) is 0 Å². The molecule has 1 saturated heterocycles. The summed E-state index contributed by atoms with van der Waals surface area (Å²) in [5, 5.41) is 1.76. The van der Waals surface area contributed by atoms with E-state index in [9.17, 15) is 14.0 Å². The van der Waals surface area contributed by atoms with Crippen LogP contribution in [-0.4, -0.2) is 51.2 Å². The number of hydrogen-bond acceptors (Lipinski definition) is 2. The molecular formula is C26H25FN4O2. The Labute approximate surface area is 190 Å². The van der Waals surface area contributed by atoms with Crippen LogP contribution in [0.25, 0.3) is 21.8 Å². The number of benzene rings is 2. The summed E-state index contributed by atoms with van der Waals surface area (Å²) in [6, 6.07) is 12.5. The number of H-pyrrole nitrogens is 2. The van der Waals surface area contributed by atoms with E-state index in [-0.39, 0.29) is 23.5 Å². The number of piperidine rings is 1. The predicted molar refractivity (Wildman–Crippen MR) is 124 cm³/mol. The Bertz CT molecular complexity index is 1390. The van der Waals surface area contributed by atoms with Crippen LogP contribution in [0, 0.1) is 11.7 Å². The van der Waals surface area contributed by atoms with Gasteiger partial charge in [-0.05, 0) is 37.1 Å². The number of nitrogens with zero attached hydrogens (tertiary/aromatic N) is 2. The lowest BCUT2D eigenvalue weighted by Gasteiger charge is -2.36. The maximum Gasteiger partial charge on any atom is 0.256 e. The number of aromatic amines is 2. The first kappa shape index (κ1) is 20.0. The van der Waals surface area contributed by atoms with Crippen molar-refractivity contribution in [1.29, 1.82) is 0 Å². The minimum Gasteiger partial charge on any atom is -0.360 e. The van der Waals surface area contributed by atoms with Gasteiger partial charge < -0.3 is 19.8 Å². The summed E-state index contributed by atoms with van der Waals surface area (Å²) in [7, 11) is 0. The Kier molecular flexibility index (Phi) is 4.71. The Morgan fingerprint density at radius 1 is 1.00 bits per heavy atom. The maximum atomic E-state index is 13.8. The zero-order valence-corrected chi connectivity index (χ0v) is 18.2. The van der Waals surface area contributed by atoms with Crippen LogP contribution < -0.4 is 0 Å². The van der Waals surface area contributed by atoms with Crippen LogP contribution in [0.2, 0.25) is 0 Å². The van der Waals surface area contributed by atoms with Crippen molar-refractivity contribution < 1.29 is 14.0 Å². The van der Waals surface area contributed by atoms with Crippen molar-refractivity contribution in [2.24, 2.45) is 5.92 Å². The average molecular weight is 445 g/mol. The molecule has 168 valence electrons. The molecule has 7 heteroatoms. The zero-order valence-electron chi connectivity index (χ0n) is 18.2. The highest BCUT2D eigenvalue weighted by Gasteiger charge is 2.34. The molecule has 0 aliphatic carbocycles. The van der Waals surface area contributed by atoms with E-state index in [0.717, 1.165) is 52.3 Å². The van der Waals surface area contributed by atoms with Crippen molar-refractivity contribution >= 4 is 33.6 Å². The summed E-state index contributed by atoms with van der Waals surface area (Å²) in [6.45, 7) is 2.20. The average Bonchev–Trinajstić information content (AvgIpc) is 3.44. The standard InChI is InChI=1S/C26H25FN4O2/c27-17-7-8-23-19(12-17)21-15-31(11-9-24(21)29-23)25(32)16-4-3-10-30(14-16)26(33)20-13-28-22-6-2-1-5-18(20)22/h1-2,5-8,12-13,16,28-29H,3-4,9-11,14-15H2. The van der Waals surface area contributed by atoms with E-state index < -0.39 is 0 Å². The SMILES string of the molecule is O=C(c1c[nH]c2ccccc12)N1CCCC(C(=O)N2CCc3[nH]c4ccc(F)cc4c3C2)C1. The van der Waals surface area contributed by atoms with Crippen molar-refractivity contribution in [2.45, 2.75) is 25.8 Å².